The first-order chi connectivity index (χ1) is 8.21. The van der Waals surface area contributed by atoms with Gasteiger partial charge in [0.1, 0.15) is 0 Å². The van der Waals surface area contributed by atoms with Gasteiger partial charge >= 0.3 is 0 Å². The maximum atomic E-state index is 11.7. The Kier molecular flexibility index (Phi) is 4.44. The van der Waals surface area contributed by atoms with Crippen LogP contribution in [0, 0.1) is 5.92 Å². The van der Waals surface area contributed by atoms with Gasteiger partial charge in [-0.1, -0.05) is 58.9 Å². The Hall–Kier alpha value is -1.44. The SMILES string of the molecule is CC(C)C(=O)C(=O)Cc1ccc(C(C)(C)C)cc1. The standard InChI is InChI=1S/C16H22O2/c1-11(2)15(18)14(17)10-12-6-8-13(9-7-12)16(3,4)5/h6-9,11H,10H2,1-5H3. The summed E-state index contributed by atoms with van der Waals surface area (Å²) in [6.45, 7) is 9.95. The number of benzene rings is 1. The van der Waals surface area contributed by atoms with E-state index in [0.29, 0.717) is 0 Å². The fourth-order valence-corrected chi connectivity index (χ4v) is 1.72. The molecule has 0 atom stereocenters. The number of hydrogen-bond acceptors (Lipinski definition) is 2. The van der Waals surface area contributed by atoms with Crippen molar-refractivity contribution in [3.05, 3.63) is 35.4 Å². The molecule has 0 N–H and O–H groups in total. The quantitative estimate of drug-likeness (QED) is 0.764. The highest BCUT2D eigenvalue weighted by atomic mass is 16.2. The molecule has 1 aromatic rings. The highest BCUT2D eigenvalue weighted by Crippen LogP contribution is 2.22. The van der Waals surface area contributed by atoms with Crippen LogP contribution in [0.1, 0.15) is 45.7 Å². The molecule has 0 saturated heterocycles. The number of ketones is 2. The van der Waals surface area contributed by atoms with Gasteiger partial charge in [0.2, 0.25) is 11.6 Å². The molecule has 0 unspecified atom stereocenters. The largest absolute Gasteiger partial charge is 0.291 e. The molecule has 0 aliphatic heterocycles. The van der Waals surface area contributed by atoms with Crippen LogP contribution < -0.4 is 0 Å². The van der Waals surface area contributed by atoms with E-state index in [2.05, 4.69) is 20.8 Å². The molecule has 1 rings (SSSR count). The summed E-state index contributed by atoms with van der Waals surface area (Å²) in [5, 5.41) is 0. The topological polar surface area (TPSA) is 34.1 Å². The first kappa shape index (κ1) is 14.6. The van der Waals surface area contributed by atoms with E-state index in [9.17, 15) is 9.59 Å². The third kappa shape index (κ3) is 3.80. The Morgan fingerprint density at radius 3 is 1.94 bits per heavy atom. The van der Waals surface area contributed by atoms with Crippen molar-refractivity contribution < 1.29 is 9.59 Å². The van der Waals surface area contributed by atoms with Crippen molar-refractivity contribution in [1.29, 1.82) is 0 Å². The zero-order chi connectivity index (χ0) is 13.9. The Bertz CT molecular complexity index is 433. The van der Waals surface area contributed by atoms with Crippen molar-refractivity contribution in [3.63, 3.8) is 0 Å². The average molecular weight is 246 g/mol. The van der Waals surface area contributed by atoms with Gasteiger partial charge in [0.15, 0.2) is 0 Å². The molecule has 98 valence electrons. The normalized spacial score (nSPS) is 11.7. The highest BCUT2D eigenvalue weighted by molar-refractivity contribution is 6.38. The molecular formula is C16H22O2. The minimum absolute atomic E-state index is 0.107. The fourth-order valence-electron chi connectivity index (χ4n) is 1.72. The Balaban J connectivity index is 2.76. The van der Waals surface area contributed by atoms with E-state index >= 15 is 0 Å². The smallest absolute Gasteiger partial charge is 0.203 e. The van der Waals surface area contributed by atoms with E-state index in [4.69, 9.17) is 0 Å². The summed E-state index contributed by atoms with van der Waals surface area (Å²) in [6.07, 6.45) is 0.210. The zero-order valence-electron chi connectivity index (χ0n) is 11.9. The van der Waals surface area contributed by atoms with Gasteiger partial charge in [-0.25, -0.2) is 0 Å². The molecule has 18 heavy (non-hydrogen) atoms. The van der Waals surface area contributed by atoms with Crippen LogP contribution in [0.15, 0.2) is 24.3 Å². The number of hydrogen-bond donors (Lipinski definition) is 0. The van der Waals surface area contributed by atoms with Crippen molar-refractivity contribution in [1.82, 2.24) is 0 Å². The van der Waals surface area contributed by atoms with Crippen LogP contribution in [0.3, 0.4) is 0 Å². The summed E-state index contributed by atoms with van der Waals surface area (Å²) in [4.78, 5) is 23.2. The lowest BCUT2D eigenvalue weighted by molar-refractivity contribution is -0.138. The van der Waals surface area contributed by atoms with Crippen molar-refractivity contribution in [2.75, 3.05) is 0 Å². The third-order valence-electron chi connectivity index (χ3n) is 2.98. The molecule has 0 radical (unpaired) electrons. The third-order valence-corrected chi connectivity index (χ3v) is 2.98. The van der Waals surface area contributed by atoms with Gasteiger partial charge in [0, 0.05) is 12.3 Å². The molecular weight excluding hydrogens is 224 g/mol. The molecule has 0 aromatic heterocycles. The van der Waals surface area contributed by atoms with Crippen molar-refractivity contribution in [2.24, 2.45) is 5.92 Å². The lowest BCUT2D eigenvalue weighted by Crippen LogP contribution is -2.21. The van der Waals surface area contributed by atoms with Crippen molar-refractivity contribution in [3.8, 4) is 0 Å². The summed E-state index contributed by atoms with van der Waals surface area (Å²) in [5.41, 5.74) is 2.24. The van der Waals surface area contributed by atoms with E-state index in [1.165, 1.54) is 5.56 Å². The number of Topliss-reactive ketones (excluding diaryl/α,β-unsaturated/α-hetero) is 2. The second kappa shape index (κ2) is 5.47. The molecule has 0 saturated carbocycles. The summed E-state index contributed by atoms with van der Waals surface area (Å²) in [6, 6.07) is 7.93. The first-order valence-electron chi connectivity index (χ1n) is 6.38. The number of rotatable bonds is 4. The Morgan fingerprint density at radius 1 is 1.06 bits per heavy atom. The second-order valence-corrected chi connectivity index (χ2v) is 6.07. The number of carbonyl (C=O) groups excluding carboxylic acids is 2. The summed E-state index contributed by atoms with van der Waals surface area (Å²) in [7, 11) is 0. The molecule has 0 amide bonds. The van der Waals surface area contributed by atoms with Gasteiger partial charge in [-0.05, 0) is 16.5 Å². The maximum Gasteiger partial charge on any atom is 0.203 e. The van der Waals surface area contributed by atoms with Gasteiger partial charge in [-0.15, -0.1) is 0 Å². The molecule has 1 aromatic carbocycles. The minimum atomic E-state index is -0.298. The zero-order valence-corrected chi connectivity index (χ0v) is 11.9. The first-order valence-corrected chi connectivity index (χ1v) is 6.38. The molecule has 0 fully saturated rings. The van der Waals surface area contributed by atoms with Gasteiger partial charge in [-0.3, -0.25) is 9.59 Å². The van der Waals surface area contributed by atoms with Crippen molar-refractivity contribution in [2.45, 2.75) is 46.5 Å². The highest BCUT2D eigenvalue weighted by Gasteiger charge is 2.18. The summed E-state index contributed by atoms with van der Waals surface area (Å²) < 4.78 is 0. The summed E-state index contributed by atoms with van der Waals surface area (Å²) >= 11 is 0. The molecule has 0 heterocycles. The van der Waals surface area contributed by atoms with Crippen LogP contribution >= 0.6 is 0 Å². The average Bonchev–Trinajstić information content (AvgIpc) is 2.27. The van der Waals surface area contributed by atoms with Crippen LogP contribution in [0.5, 0.6) is 0 Å². The molecule has 0 bridgehead atoms. The van der Waals surface area contributed by atoms with Gasteiger partial charge in [-0.2, -0.15) is 0 Å². The lowest BCUT2D eigenvalue weighted by atomic mass is 9.86. The Morgan fingerprint density at radius 2 is 1.56 bits per heavy atom. The van der Waals surface area contributed by atoms with Crippen LogP contribution in [0.4, 0.5) is 0 Å². The lowest BCUT2D eigenvalue weighted by Gasteiger charge is -2.19. The summed E-state index contributed by atoms with van der Waals surface area (Å²) in [5.74, 6) is -0.797. The van der Waals surface area contributed by atoms with E-state index in [1.807, 2.05) is 24.3 Å². The van der Waals surface area contributed by atoms with Crippen LogP contribution in [-0.2, 0) is 21.4 Å². The van der Waals surface area contributed by atoms with E-state index in [1.54, 1.807) is 13.8 Å². The molecule has 0 aliphatic carbocycles. The molecule has 2 nitrogen and oxygen atoms in total. The monoisotopic (exact) mass is 246 g/mol. The van der Waals surface area contributed by atoms with E-state index < -0.39 is 0 Å². The van der Waals surface area contributed by atoms with Gasteiger partial charge in [0.25, 0.3) is 0 Å². The van der Waals surface area contributed by atoms with Gasteiger partial charge < -0.3 is 0 Å². The minimum Gasteiger partial charge on any atom is -0.291 e. The second-order valence-electron chi connectivity index (χ2n) is 6.07. The van der Waals surface area contributed by atoms with E-state index in [0.717, 1.165) is 5.56 Å². The van der Waals surface area contributed by atoms with Gasteiger partial charge in [0.05, 0.1) is 0 Å². The van der Waals surface area contributed by atoms with E-state index in [-0.39, 0.29) is 29.3 Å². The Labute approximate surface area is 109 Å². The van der Waals surface area contributed by atoms with Crippen LogP contribution in [-0.4, -0.2) is 11.6 Å². The predicted molar refractivity (Wildman–Crippen MR) is 73.7 cm³/mol. The number of carbonyl (C=O) groups is 2. The predicted octanol–water partition coefficient (Wildman–Crippen LogP) is 3.32. The van der Waals surface area contributed by atoms with Crippen LogP contribution in [0.25, 0.3) is 0 Å². The molecule has 2 heteroatoms. The molecule has 0 spiro atoms. The molecule has 0 aliphatic rings. The fraction of sp³-hybridized carbons (Fsp3) is 0.500. The maximum absolute atomic E-state index is 11.7. The van der Waals surface area contributed by atoms with Crippen molar-refractivity contribution >= 4 is 11.6 Å². The van der Waals surface area contributed by atoms with Crippen LogP contribution in [0.2, 0.25) is 0 Å².